The quantitative estimate of drug-likeness (QED) is 0.565. The molecule has 1 heterocycles. The molecule has 32 heavy (non-hydrogen) atoms. The zero-order valence-corrected chi connectivity index (χ0v) is 18.3. The summed E-state index contributed by atoms with van der Waals surface area (Å²) in [4.78, 5) is 25.4. The van der Waals surface area contributed by atoms with Crippen LogP contribution < -0.4 is 10.6 Å². The van der Waals surface area contributed by atoms with Crippen molar-refractivity contribution in [3.63, 3.8) is 0 Å². The van der Waals surface area contributed by atoms with Gasteiger partial charge in [-0.3, -0.25) is 9.59 Å². The van der Waals surface area contributed by atoms with Crippen LogP contribution in [0.1, 0.15) is 53.7 Å². The normalized spacial score (nSPS) is 14.2. The first-order chi connectivity index (χ1) is 15.4. The van der Waals surface area contributed by atoms with E-state index in [9.17, 15) is 14.0 Å². The Kier molecular flexibility index (Phi) is 6.35. The van der Waals surface area contributed by atoms with Crippen LogP contribution in [0, 0.1) is 25.6 Å². The summed E-state index contributed by atoms with van der Waals surface area (Å²) in [6.07, 6.45) is 6.35. The topological polar surface area (TPSA) is 76.0 Å². The molecule has 0 aliphatic heterocycles. The maximum atomic E-state index is 14.3. The Labute approximate surface area is 186 Å². The minimum Gasteiger partial charge on any atom is -0.323 e. The van der Waals surface area contributed by atoms with Crippen molar-refractivity contribution in [3.8, 4) is 5.69 Å². The van der Waals surface area contributed by atoms with Gasteiger partial charge in [0.25, 0.3) is 5.91 Å². The molecular weight excluding hydrogens is 407 g/mol. The van der Waals surface area contributed by atoms with Gasteiger partial charge in [-0.1, -0.05) is 37.5 Å². The van der Waals surface area contributed by atoms with E-state index in [4.69, 9.17) is 0 Å². The molecule has 4 rings (SSSR count). The summed E-state index contributed by atoms with van der Waals surface area (Å²) < 4.78 is 16.0. The number of rotatable bonds is 5. The van der Waals surface area contributed by atoms with Crippen molar-refractivity contribution in [2.45, 2.75) is 46.0 Å². The van der Waals surface area contributed by atoms with Gasteiger partial charge in [0.15, 0.2) is 0 Å². The maximum Gasteiger partial charge on any atom is 0.259 e. The molecule has 0 radical (unpaired) electrons. The summed E-state index contributed by atoms with van der Waals surface area (Å²) in [5.74, 6) is -1.13. The number of aryl methyl sites for hydroxylation is 1. The molecule has 0 bridgehead atoms. The molecule has 0 unspecified atom stereocenters. The SMILES string of the molecule is Cc1ccccc1-n1ncc(C(=O)Nc2ccc(F)c(NC(=O)C3CCCCC3)c2)c1C. The van der Waals surface area contributed by atoms with Crippen molar-refractivity contribution >= 4 is 23.2 Å². The minimum absolute atomic E-state index is 0.0747. The van der Waals surface area contributed by atoms with Crippen LogP contribution in [0.5, 0.6) is 0 Å². The Bertz CT molecular complexity index is 1150. The van der Waals surface area contributed by atoms with Gasteiger partial charge in [0.1, 0.15) is 5.82 Å². The molecule has 2 amide bonds. The molecule has 0 spiro atoms. The number of benzene rings is 2. The van der Waals surface area contributed by atoms with Crippen LogP contribution >= 0.6 is 0 Å². The van der Waals surface area contributed by atoms with Crippen LogP contribution in [0.4, 0.5) is 15.8 Å². The Hall–Kier alpha value is -3.48. The van der Waals surface area contributed by atoms with E-state index in [0.29, 0.717) is 16.9 Å². The average Bonchev–Trinajstić information content (AvgIpc) is 3.18. The molecule has 1 aliphatic rings. The Morgan fingerprint density at radius 1 is 1.03 bits per heavy atom. The standard InChI is InChI=1S/C25H27FN4O2/c1-16-8-6-7-11-23(16)30-17(2)20(15-27-30)25(32)28-19-12-13-21(26)22(14-19)29-24(31)18-9-4-3-5-10-18/h6-8,11-15,18H,3-5,9-10H2,1-2H3,(H,28,32)(H,29,31). The van der Waals surface area contributed by atoms with E-state index in [1.165, 1.54) is 24.4 Å². The lowest BCUT2D eigenvalue weighted by atomic mass is 9.88. The highest BCUT2D eigenvalue weighted by molar-refractivity contribution is 6.05. The van der Waals surface area contributed by atoms with Crippen molar-refractivity contribution in [1.82, 2.24) is 9.78 Å². The van der Waals surface area contributed by atoms with E-state index >= 15 is 0 Å². The van der Waals surface area contributed by atoms with Gasteiger partial charge in [-0.25, -0.2) is 9.07 Å². The van der Waals surface area contributed by atoms with E-state index < -0.39 is 5.82 Å². The van der Waals surface area contributed by atoms with Gasteiger partial charge in [0, 0.05) is 11.6 Å². The van der Waals surface area contributed by atoms with Crippen LogP contribution in [0.25, 0.3) is 5.69 Å². The molecule has 2 aromatic carbocycles. The van der Waals surface area contributed by atoms with Crippen LogP contribution in [-0.2, 0) is 4.79 Å². The number of hydrogen-bond donors (Lipinski definition) is 2. The second kappa shape index (κ2) is 9.34. The highest BCUT2D eigenvalue weighted by Gasteiger charge is 2.22. The van der Waals surface area contributed by atoms with Gasteiger partial charge < -0.3 is 10.6 Å². The molecule has 7 heteroatoms. The zero-order chi connectivity index (χ0) is 22.7. The molecule has 1 fully saturated rings. The fourth-order valence-corrected chi connectivity index (χ4v) is 4.17. The molecule has 1 saturated carbocycles. The van der Waals surface area contributed by atoms with Crippen LogP contribution in [-0.4, -0.2) is 21.6 Å². The van der Waals surface area contributed by atoms with Gasteiger partial charge in [-0.2, -0.15) is 5.10 Å². The first-order valence-corrected chi connectivity index (χ1v) is 11.0. The number of para-hydroxylation sites is 1. The van der Waals surface area contributed by atoms with E-state index in [1.54, 1.807) is 4.68 Å². The molecule has 3 aromatic rings. The molecular formula is C25H27FN4O2. The molecule has 0 saturated heterocycles. The summed E-state index contributed by atoms with van der Waals surface area (Å²) in [7, 11) is 0. The van der Waals surface area contributed by atoms with Gasteiger partial charge in [0.05, 0.1) is 28.8 Å². The zero-order valence-electron chi connectivity index (χ0n) is 18.3. The third kappa shape index (κ3) is 4.56. The number of carbonyl (C=O) groups is 2. The first kappa shape index (κ1) is 21.7. The predicted octanol–water partition coefficient (Wildman–Crippen LogP) is 5.40. The van der Waals surface area contributed by atoms with Gasteiger partial charge in [0.2, 0.25) is 5.91 Å². The average molecular weight is 435 g/mol. The molecule has 6 nitrogen and oxygen atoms in total. The Morgan fingerprint density at radius 2 is 1.78 bits per heavy atom. The number of aromatic nitrogens is 2. The van der Waals surface area contributed by atoms with Crippen molar-refractivity contribution < 1.29 is 14.0 Å². The van der Waals surface area contributed by atoms with Gasteiger partial charge in [-0.05, 0) is 56.5 Å². The summed E-state index contributed by atoms with van der Waals surface area (Å²) in [6, 6.07) is 12.0. The smallest absolute Gasteiger partial charge is 0.259 e. The first-order valence-electron chi connectivity index (χ1n) is 11.0. The fraction of sp³-hybridized carbons (Fsp3) is 0.320. The van der Waals surface area contributed by atoms with E-state index in [2.05, 4.69) is 15.7 Å². The van der Waals surface area contributed by atoms with E-state index in [1.807, 2.05) is 38.1 Å². The lowest BCUT2D eigenvalue weighted by molar-refractivity contribution is -0.120. The maximum absolute atomic E-state index is 14.3. The highest BCUT2D eigenvalue weighted by atomic mass is 19.1. The second-order valence-electron chi connectivity index (χ2n) is 8.31. The molecule has 0 atom stereocenters. The van der Waals surface area contributed by atoms with E-state index in [-0.39, 0.29) is 23.4 Å². The fourth-order valence-electron chi connectivity index (χ4n) is 4.17. The molecule has 1 aromatic heterocycles. The minimum atomic E-state index is -0.532. The summed E-state index contributed by atoms with van der Waals surface area (Å²) in [5.41, 5.74) is 3.54. The van der Waals surface area contributed by atoms with Crippen molar-refractivity contribution in [2.75, 3.05) is 10.6 Å². The van der Waals surface area contributed by atoms with Crippen molar-refractivity contribution in [3.05, 3.63) is 71.3 Å². The van der Waals surface area contributed by atoms with Gasteiger partial charge >= 0.3 is 0 Å². The monoisotopic (exact) mass is 434 g/mol. The number of nitrogens with zero attached hydrogens (tertiary/aromatic N) is 2. The number of nitrogens with one attached hydrogen (secondary N) is 2. The summed E-state index contributed by atoms with van der Waals surface area (Å²) in [5, 5.41) is 9.85. The molecule has 2 N–H and O–H groups in total. The third-order valence-electron chi connectivity index (χ3n) is 6.06. The molecule has 1 aliphatic carbocycles. The van der Waals surface area contributed by atoms with Crippen molar-refractivity contribution in [2.24, 2.45) is 5.92 Å². The van der Waals surface area contributed by atoms with Crippen LogP contribution in [0.2, 0.25) is 0 Å². The number of anilines is 2. The number of halogens is 1. The van der Waals surface area contributed by atoms with E-state index in [0.717, 1.165) is 43.4 Å². The summed E-state index contributed by atoms with van der Waals surface area (Å²) >= 11 is 0. The van der Waals surface area contributed by atoms with Crippen LogP contribution in [0.15, 0.2) is 48.7 Å². The largest absolute Gasteiger partial charge is 0.323 e. The Morgan fingerprint density at radius 3 is 2.53 bits per heavy atom. The predicted molar refractivity (Wildman–Crippen MR) is 123 cm³/mol. The lowest BCUT2D eigenvalue weighted by Crippen LogP contribution is -2.25. The number of carbonyl (C=O) groups excluding carboxylic acids is 2. The third-order valence-corrected chi connectivity index (χ3v) is 6.06. The van der Waals surface area contributed by atoms with Crippen LogP contribution in [0.3, 0.4) is 0 Å². The molecule has 166 valence electrons. The Balaban J connectivity index is 1.50. The van der Waals surface area contributed by atoms with Crippen molar-refractivity contribution in [1.29, 1.82) is 0 Å². The second-order valence-corrected chi connectivity index (χ2v) is 8.31. The van der Waals surface area contributed by atoms with Gasteiger partial charge in [-0.15, -0.1) is 0 Å². The lowest BCUT2D eigenvalue weighted by Gasteiger charge is -2.21. The highest BCUT2D eigenvalue weighted by Crippen LogP contribution is 2.27. The number of hydrogen-bond acceptors (Lipinski definition) is 3. The summed E-state index contributed by atoms with van der Waals surface area (Å²) in [6.45, 7) is 3.81. The number of amides is 2.